The van der Waals surface area contributed by atoms with Crippen LogP contribution in [0.15, 0.2) is 12.7 Å². The zero-order valence-corrected chi connectivity index (χ0v) is 9.12. The van der Waals surface area contributed by atoms with Crippen molar-refractivity contribution in [2.45, 2.75) is 13.8 Å². The van der Waals surface area contributed by atoms with E-state index in [1.54, 1.807) is 11.9 Å². The van der Waals surface area contributed by atoms with Gasteiger partial charge in [-0.1, -0.05) is 6.58 Å². The fourth-order valence-corrected chi connectivity index (χ4v) is 1.11. The summed E-state index contributed by atoms with van der Waals surface area (Å²) in [5.41, 5.74) is 0. The first-order chi connectivity index (χ1) is 6.56. The van der Waals surface area contributed by atoms with Crippen molar-refractivity contribution in [3.8, 4) is 0 Å². The lowest BCUT2D eigenvalue weighted by atomic mass is 10.4. The first-order valence-corrected chi connectivity index (χ1v) is 4.72. The van der Waals surface area contributed by atoms with E-state index in [9.17, 15) is 9.59 Å². The number of carbonyl (C=O) groups excluding carboxylic acids is 2. The van der Waals surface area contributed by atoms with Crippen LogP contribution in [0, 0.1) is 0 Å². The van der Waals surface area contributed by atoms with E-state index in [4.69, 9.17) is 0 Å². The molecule has 0 radical (unpaired) electrons. The van der Waals surface area contributed by atoms with Gasteiger partial charge in [0, 0.05) is 20.1 Å². The van der Waals surface area contributed by atoms with Crippen molar-refractivity contribution in [1.82, 2.24) is 9.80 Å². The van der Waals surface area contributed by atoms with Crippen molar-refractivity contribution in [2.24, 2.45) is 0 Å². The number of hydrogen-bond donors (Lipinski definition) is 0. The summed E-state index contributed by atoms with van der Waals surface area (Å²) in [5.74, 6) is -0.266. The van der Waals surface area contributed by atoms with Gasteiger partial charge in [-0.15, -0.1) is 0 Å². The number of amides is 2. The number of carbonyl (C=O) groups is 2. The smallest absolute Gasteiger partial charge is 0.246 e. The Labute approximate surface area is 85.2 Å². The highest BCUT2D eigenvalue weighted by molar-refractivity contribution is 5.90. The van der Waals surface area contributed by atoms with E-state index in [-0.39, 0.29) is 18.4 Å². The van der Waals surface area contributed by atoms with E-state index in [0.717, 1.165) is 0 Å². The van der Waals surface area contributed by atoms with Crippen LogP contribution in [0.3, 0.4) is 0 Å². The highest BCUT2D eigenvalue weighted by atomic mass is 16.2. The minimum Gasteiger partial charge on any atom is -0.342 e. The Morgan fingerprint density at radius 2 is 1.79 bits per heavy atom. The molecule has 2 amide bonds. The number of nitrogens with zero attached hydrogens (tertiary/aromatic N) is 2. The third-order valence-corrected chi connectivity index (χ3v) is 2.04. The van der Waals surface area contributed by atoms with Gasteiger partial charge in [0.05, 0.1) is 6.54 Å². The maximum Gasteiger partial charge on any atom is 0.246 e. The molecule has 0 unspecified atom stereocenters. The van der Waals surface area contributed by atoms with Gasteiger partial charge in [-0.25, -0.2) is 0 Å². The monoisotopic (exact) mass is 198 g/mol. The molecule has 0 saturated heterocycles. The molecule has 0 aromatic carbocycles. The molecule has 0 saturated carbocycles. The van der Waals surface area contributed by atoms with Crippen LogP contribution < -0.4 is 0 Å². The molecule has 4 nitrogen and oxygen atoms in total. The second-order valence-corrected chi connectivity index (χ2v) is 2.96. The van der Waals surface area contributed by atoms with Gasteiger partial charge in [-0.3, -0.25) is 9.59 Å². The molecule has 4 heteroatoms. The van der Waals surface area contributed by atoms with Crippen LogP contribution in [0.1, 0.15) is 13.8 Å². The molecule has 14 heavy (non-hydrogen) atoms. The topological polar surface area (TPSA) is 40.6 Å². The van der Waals surface area contributed by atoms with Gasteiger partial charge in [0.25, 0.3) is 0 Å². The van der Waals surface area contributed by atoms with E-state index in [1.165, 1.54) is 11.0 Å². The minimum atomic E-state index is -0.231. The summed E-state index contributed by atoms with van der Waals surface area (Å²) in [6, 6.07) is 0. The quantitative estimate of drug-likeness (QED) is 0.603. The summed E-state index contributed by atoms with van der Waals surface area (Å²) in [4.78, 5) is 25.7. The number of hydrogen-bond acceptors (Lipinski definition) is 2. The average molecular weight is 198 g/mol. The number of likely N-dealkylation sites (N-methyl/N-ethyl adjacent to an activating group) is 2. The van der Waals surface area contributed by atoms with Gasteiger partial charge < -0.3 is 9.80 Å². The fourth-order valence-electron chi connectivity index (χ4n) is 1.11. The van der Waals surface area contributed by atoms with E-state index in [2.05, 4.69) is 6.58 Å². The fraction of sp³-hybridized carbons (Fsp3) is 0.600. The third-order valence-electron chi connectivity index (χ3n) is 2.04. The standard InChI is InChI=1S/C10H18N2O2/c1-5-9(13)11(4)8-10(14)12(6-2)7-3/h5H,1,6-8H2,2-4H3. The van der Waals surface area contributed by atoms with Crippen LogP contribution in [-0.4, -0.2) is 48.3 Å². The highest BCUT2D eigenvalue weighted by Crippen LogP contribution is 1.93. The second-order valence-electron chi connectivity index (χ2n) is 2.96. The molecule has 0 fully saturated rings. The summed E-state index contributed by atoms with van der Waals surface area (Å²) in [6.45, 7) is 8.65. The first kappa shape index (κ1) is 12.7. The van der Waals surface area contributed by atoms with Gasteiger partial charge in [0.1, 0.15) is 0 Å². The van der Waals surface area contributed by atoms with Crippen molar-refractivity contribution in [1.29, 1.82) is 0 Å². The molecule has 0 aromatic rings. The Hall–Kier alpha value is -1.32. The Kier molecular flexibility index (Phi) is 5.60. The van der Waals surface area contributed by atoms with E-state index in [0.29, 0.717) is 13.1 Å². The minimum absolute atomic E-state index is 0.0345. The molecule has 80 valence electrons. The lowest BCUT2D eigenvalue weighted by molar-refractivity contribution is -0.136. The average Bonchev–Trinajstić information content (AvgIpc) is 2.18. The molecule has 0 rings (SSSR count). The van der Waals surface area contributed by atoms with E-state index < -0.39 is 0 Å². The maximum absolute atomic E-state index is 11.5. The Balaban J connectivity index is 4.17. The molecule has 0 atom stereocenters. The van der Waals surface area contributed by atoms with Crippen molar-refractivity contribution < 1.29 is 9.59 Å². The van der Waals surface area contributed by atoms with Gasteiger partial charge >= 0.3 is 0 Å². The molecule has 0 heterocycles. The Morgan fingerprint density at radius 3 is 2.14 bits per heavy atom. The largest absolute Gasteiger partial charge is 0.342 e. The van der Waals surface area contributed by atoms with Gasteiger partial charge in [0.15, 0.2) is 0 Å². The molecule has 0 N–H and O–H groups in total. The molecule has 0 aliphatic carbocycles. The summed E-state index contributed by atoms with van der Waals surface area (Å²) < 4.78 is 0. The molecule has 0 aliphatic heterocycles. The summed E-state index contributed by atoms with van der Waals surface area (Å²) >= 11 is 0. The van der Waals surface area contributed by atoms with Gasteiger partial charge in [0.2, 0.25) is 11.8 Å². The number of rotatable bonds is 5. The van der Waals surface area contributed by atoms with E-state index in [1.807, 2.05) is 13.8 Å². The van der Waals surface area contributed by atoms with Crippen LogP contribution in [0.25, 0.3) is 0 Å². The molecular weight excluding hydrogens is 180 g/mol. The zero-order valence-electron chi connectivity index (χ0n) is 9.12. The lowest BCUT2D eigenvalue weighted by Gasteiger charge is -2.22. The Morgan fingerprint density at radius 1 is 1.29 bits per heavy atom. The second kappa shape index (κ2) is 6.18. The summed E-state index contributed by atoms with van der Waals surface area (Å²) in [6.07, 6.45) is 1.20. The van der Waals surface area contributed by atoms with Crippen LogP contribution in [-0.2, 0) is 9.59 Å². The van der Waals surface area contributed by atoms with Crippen molar-refractivity contribution in [3.63, 3.8) is 0 Å². The van der Waals surface area contributed by atoms with Crippen molar-refractivity contribution >= 4 is 11.8 Å². The molecule has 0 bridgehead atoms. The van der Waals surface area contributed by atoms with E-state index >= 15 is 0 Å². The summed E-state index contributed by atoms with van der Waals surface area (Å²) in [7, 11) is 1.59. The van der Waals surface area contributed by atoms with Crippen LogP contribution in [0.4, 0.5) is 0 Å². The maximum atomic E-state index is 11.5. The summed E-state index contributed by atoms with van der Waals surface area (Å²) in [5, 5.41) is 0. The van der Waals surface area contributed by atoms with Gasteiger partial charge in [-0.05, 0) is 19.9 Å². The van der Waals surface area contributed by atoms with Crippen LogP contribution >= 0.6 is 0 Å². The SMILES string of the molecule is C=CC(=O)N(C)CC(=O)N(CC)CC. The first-order valence-electron chi connectivity index (χ1n) is 4.72. The molecule has 0 aromatic heterocycles. The van der Waals surface area contributed by atoms with Crippen molar-refractivity contribution in [2.75, 3.05) is 26.7 Å². The van der Waals surface area contributed by atoms with Gasteiger partial charge in [-0.2, -0.15) is 0 Å². The lowest BCUT2D eigenvalue weighted by Crippen LogP contribution is -2.40. The highest BCUT2D eigenvalue weighted by Gasteiger charge is 2.14. The van der Waals surface area contributed by atoms with Crippen LogP contribution in [0.2, 0.25) is 0 Å². The molecular formula is C10H18N2O2. The third kappa shape index (κ3) is 3.60. The predicted molar refractivity (Wildman–Crippen MR) is 55.8 cm³/mol. The molecule has 0 spiro atoms. The Bertz CT molecular complexity index is 222. The molecule has 0 aliphatic rings. The van der Waals surface area contributed by atoms with Crippen LogP contribution in [0.5, 0.6) is 0 Å². The van der Waals surface area contributed by atoms with Crippen molar-refractivity contribution in [3.05, 3.63) is 12.7 Å². The predicted octanol–water partition coefficient (Wildman–Crippen LogP) is 0.499. The normalized spacial score (nSPS) is 9.36. The zero-order chi connectivity index (χ0) is 11.1.